The number of benzene rings is 3. The van der Waals surface area contributed by atoms with Crippen molar-refractivity contribution < 1.29 is 14.2 Å². The summed E-state index contributed by atoms with van der Waals surface area (Å²) in [7, 11) is 0. The molecule has 0 fully saturated rings. The Morgan fingerprint density at radius 3 is 2.32 bits per heavy atom. The molecule has 0 unspecified atom stereocenters. The summed E-state index contributed by atoms with van der Waals surface area (Å²) in [6.45, 7) is 5.05. The average Bonchev–Trinajstić information content (AvgIpc) is 3.32. The van der Waals surface area contributed by atoms with E-state index in [9.17, 15) is 14.3 Å². The van der Waals surface area contributed by atoms with Crippen LogP contribution in [0.5, 0.6) is 5.75 Å². The number of halogens is 1. The summed E-state index contributed by atoms with van der Waals surface area (Å²) in [5.74, 6) is 0.203. The largest absolute Gasteiger partial charge is 0.487 e. The average molecular weight is 501 g/mol. The summed E-state index contributed by atoms with van der Waals surface area (Å²) in [4.78, 5) is 15.0. The minimum atomic E-state index is -0.749. The van der Waals surface area contributed by atoms with Gasteiger partial charge in [0, 0.05) is 24.0 Å². The molecular formula is C31H33FN2O3. The van der Waals surface area contributed by atoms with Crippen molar-refractivity contribution in [3.8, 4) is 5.75 Å². The molecule has 192 valence electrons. The third-order valence-corrected chi connectivity index (χ3v) is 7.37. The smallest absolute Gasteiger partial charge is 0.248 e. The summed E-state index contributed by atoms with van der Waals surface area (Å²) in [6, 6.07) is 17.9. The lowest BCUT2D eigenvalue weighted by Crippen LogP contribution is -2.33. The molecule has 4 aromatic rings. The maximum atomic E-state index is 13.2. The van der Waals surface area contributed by atoms with Gasteiger partial charge in [0.2, 0.25) is 5.56 Å². The van der Waals surface area contributed by atoms with E-state index in [1.165, 1.54) is 40.5 Å². The van der Waals surface area contributed by atoms with Crippen molar-refractivity contribution in [1.29, 1.82) is 0 Å². The van der Waals surface area contributed by atoms with Crippen molar-refractivity contribution in [2.45, 2.75) is 58.3 Å². The quantitative estimate of drug-likeness (QED) is 0.297. The monoisotopic (exact) mass is 500 g/mol. The molecule has 1 heterocycles. The number of nitrogens with one attached hydrogen (secondary N) is 2. The zero-order valence-corrected chi connectivity index (χ0v) is 21.3. The van der Waals surface area contributed by atoms with E-state index >= 15 is 0 Å². The van der Waals surface area contributed by atoms with Gasteiger partial charge in [0.05, 0.1) is 11.6 Å². The predicted molar refractivity (Wildman–Crippen MR) is 145 cm³/mol. The summed E-state index contributed by atoms with van der Waals surface area (Å²) >= 11 is 0. The Bertz CT molecular complexity index is 1430. The Kier molecular flexibility index (Phi) is 7.40. The third kappa shape index (κ3) is 5.45. The molecule has 0 aliphatic heterocycles. The summed E-state index contributed by atoms with van der Waals surface area (Å²) in [5, 5.41) is 15.4. The number of aliphatic hydroxyl groups is 1. The zero-order chi connectivity index (χ0) is 25.9. The second-order valence-corrected chi connectivity index (χ2v) is 9.81. The van der Waals surface area contributed by atoms with Gasteiger partial charge in [-0.2, -0.15) is 0 Å². The number of aliphatic hydroxyl groups excluding tert-OH is 1. The number of aryl methyl sites for hydroxylation is 2. The van der Waals surface area contributed by atoms with Crippen molar-refractivity contribution in [2.24, 2.45) is 0 Å². The highest BCUT2D eigenvalue weighted by molar-refractivity contribution is 5.87. The highest BCUT2D eigenvalue weighted by atomic mass is 19.1. The Labute approximate surface area is 216 Å². The van der Waals surface area contributed by atoms with E-state index in [-0.39, 0.29) is 24.0 Å². The van der Waals surface area contributed by atoms with Gasteiger partial charge in [-0.25, -0.2) is 4.39 Å². The van der Waals surface area contributed by atoms with Gasteiger partial charge in [-0.05, 0) is 83.3 Å². The van der Waals surface area contributed by atoms with E-state index in [1.807, 2.05) is 6.07 Å². The van der Waals surface area contributed by atoms with E-state index in [1.54, 1.807) is 24.3 Å². The lowest BCUT2D eigenvalue weighted by molar-refractivity contribution is 0.171. The molecule has 0 amide bonds. The Morgan fingerprint density at radius 1 is 1.00 bits per heavy atom. The minimum Gasteiger partial charge on any atom is -0.487 e. The van der Waals surface area contributed by atoms with Gasteiger partial charge in [-0.3, -0.25) is 4.79 Å². The first-order valence-corrected chi connectivity index (χ1v) is 13.0. The fourth-order valence-corrected chi connectivity index (χ4v) is 5.37. The van der Waals surface area contributed by atoms with Crippen LogP contribution in [-0.2, 0) is 32.3 Å². The van der Waals surface area contributed by atoms with Crippen LogP contribution in [0.3, 0.4) is 0 Å². The van der Waals surface area contributed by atoms with Crippen molar-refractivity contribution in [3.05, 3.63) is 110 Å². The van der Waals surface area contributed by atoms with Crippen LogP contribution in [0.15, 0.2) is 65.5 Å². The number of fused-ring (bicyclic) bond motifs is 2. The van der Waals surface area contributed by atoms with E-state index in [0.717, 1.165) is 42.2 Å². The molecule has 1 atom stereocenters. The Morgan fingerprint density at radius 2 is 1.68 bits per heavy atom. The lowest BCUT2D eigenvalue weighted by atomic mass is 9.97. The molecule has 0 radical (unpaired) electrons. The maximum Gasteiger partial charge on any atom is 0.248 e. The molecule has 1 aliphatic carbocycles. The van der Waals surface area contributed by atoms with Gasteiger partial charge in [-0.15, -0.1) is 0 Å². The van der Waals surface area contributed by atoms with Crippen LogP contribution in [0, 0.1) is 5.82 Å². The fraction of sp³-hybridized carbons (Fsp3) is 0.323. The second kappa shape index (κ2) is 10.9. The maximum absolute atomic E-state index is 13.2. The highest BCUT2D eigenvalue weighted by Crippen LogP contribution is 2.31. The second-order valence-electron chi connectivity index (χ2n) is 9.81. The molecule has 6 heteroatoms. The van der Waals surface area contributed by atoms with Gasteiger partial charge >= 0.3 is 0 Å². The zero-order valence-electron chi connectivity index (χ0n) is 21.3. The molecule has 3 aromatic carbocycles. The van der Waals surface area contributed by atoms with Crippen molar-refractivity contribution in [3.63, 3.8) is 0 Å². The van der Waals surface area contributed by atoms with Gasteiger partial charge in [-0.1, -0.05) is 44.2 Å². The van der Waals surface area contributed by atoms with E-state index < -0.39 is 6.10 Å². The number of hydrogen-bond acceptors (Lipinski definition) is 4. The van der Waals surface area contributed by atoms with Crippen LogP contribution < -0.4 is 15.6 Å². The SMILES string of the molecule is CCc1cc2c(cc1CC)CC(NC[C@H](O)c1ccc(OCc3ccc(F)cc3)c3[nH]c(=O)ccc13)C2. The molecule has 0 spiro atoms. The molecular weight excluding hydrogens is 467 g/mol. The van der Waals surface area contributed by atoms with Gasteiger partial charge in [0.15, 0.2) is 0 Å². The van der Waals surface area contributed by atoms with E-state index in [2.05, 4.69) is 36.3 Å². The van der Waals surface area contributed by atoms with Crippen molar-refractivity contribution in [1.82, 2.24) is 10.3 Å². The molecule has 0 saturated carbocycles. The van der Waals surface area contributed by atoms with E-state index in [4.69, 9.17) is 4.74 Å². The number of hydrogen-bond donors (Lipinski definition) is 3. The molecule has 5 nitrogen and oxygen atoms in total. The number of aromatic amines is 1. The highest BCUT2D eigenvalue weighted by Gasteiger charge is 2.24. The molecule has 0 saturated heterocycles. The van der Waals surface area contributed by atoms with Gasteiger partial charge in [0.1, 0.15) is 18.2 Å². The van der Waals surface area contributed by atoms with Crippen molar-refractivity contribution >= 4 is 10.9 Å². The van der Waals surface area contributed by atoms with Crippen LogP contribution >= 0.6 is 0 Å². The van der Waals surface area contributed by atoms with Crippen LogP contribution in [-0.4, -0.2) is 22.7 Å². The van der Waals surface area contributed by atoms with Gasteiger partial charge in [0.25, 0.3) is 0 Å². The van der Waals surface area contributed by atoms with Crippen LogP contribution in [0.4, 0.5) is 4.39 Å². The molecule has 3 N–H and O–H groups in total. The number of aromatic nitrogens is 1. The van der Waals surface area contributed by atoms with Crippen molar-refractivity contribution in [2.75, 3.05) is 6.54 Å². The summed E-state index contributed by atoms with van der Waals surface area (Å²) in [6.07, 6.45) is 3.27. The predicted octanol–water partition coefficient (Wildman–Crippen LogP) is 5.16. The number of H-pyrrole nitrogens is 1. The minimum absolute atomic E-state index is 0.234. The first-order valence-electron chi connectivity index (χ1n) is 13.0. The lowest BCUT2D eigenvalue weighted by Gasteiger charge is -2.19. The molecule has 0 bridgehead atoms. The summed E-state index contributed by atoms with van der Waals surface area (Å²) < 4.78 is 19.2. The van der Waals surface area contributed by atoms with Gasteiger partial charge < -0.3 is 20.1 Å². The number of ether oxygens (including phenoxy) is 1. The fourth-order valence-electron chi connectivity index (χ4n) is 5.37. The first kappa shape index (κ1) is 25.2. The molecule has 5 rings (SSSR count). The Balaban J connectivity index is 1.30. The third-order valence-electron chi connectivity index (χ3n) is 7.37. The molecule has 37 heavy (non-hydrogen) atoms. The standard InChI is InChI=1S/C31H33FN2O3/c1-3-20-13-22-15-25(16-23(22)14-21(20)4-2)33-17-28(35)26-9-11-29(31-27(26)10-12-30(36)34-31)37-18-19-5-7-24(32)8-6-19/h5-14,25,28,33,35H,3-4,15-18H2,1-2H3,(H,34,36)/t28-/m0/s1. The Hall–Kier alpha value is -3.48. The van der Waals surface area contributed by atoms with E-state index in [0.29, 0.717) is 17.8 Å². The van der Waals surface area contributed by atoms with Crippen LogP contribution in [0.2, 0.25) is 0 Å². The summed E-state index contributed by atoms with van der Waals surface area (Å²) in [5.41, 5.74) is 7.52. The molecule has 1 aromatic heterocycles. The first-order chi connectivity index (χ1) is 17.9. The number of pyridine rings is 1. The topological polar surface area (TPSA) is 74.3 Å². The van der Waals surface area contributed by atoms with Crippen LogP contribution in [0.25, 0.3) is 10.9 Å². The normalized spacial score (nSPS) is 14.2. The van der Waals surface area contributed by atoms with Crippen LogP contribution in [0.1, 0.15) is 53.3 Å². The molecule has 1 aliphatic rings. The number of rotatable bonds is 9.